The highest BCUT2D eigenvalue weighted by Crippen LogP contribution is 2.50. The van der Waals surface area contributed by atoms with Crippen LogP contribution in [0.15, 0.2) is 18.2 Å². The van der Waals surface area contributed by atoms with E-state index >= 15 is 0 Å². The van der Waals surface area contributed by atoms with Crippen LogP contribution in [0.3, 0.4) is 0 Å². The lowest BCUT2D eigenvalue weighted by molar-refractivity contribution is -0.0134. The minimum absolute atomic E-state index is 0.752. The number of aromatic amines is 1. The molecule has 2 nitrogen and oxygen atoms in total. The molecule has 0 radical (unpaired) electrons. The van der Waals surface area contributed by atoms with Crippen molar-refractivity contribution in [2.75, 3.05) is 13.1 Å². The molecule has 5 atom stereocenters. The van der Waals surface area contributed by atoms with Crippen molar-refractivity contribution < 1.29 is 0 Å². The number of hydrogen-bond acceptors (Lipinski definition) is 1. The van der Waals surface area contributed by atoms with Gasteiger partial charge in [0.2, 0.25) is 0 Å². The summed E-state index contributed by atoms with van der Waals surface area (Å²) in [7, 11) is 0. The summed E-state index contributed by atoms with van der Waals surface area (Å²) in [6.45, 7) is 7.24. The maximum absolute atomic E-state index is 3.84. The summed E-state index contributed by atoms with van der Waals surface area (Å²) in [5.41, 5.74) is 5.97. The molecule has 4 heterocycles. The molecule has 5 unspecified atom stereocenters. The number of benzene rings is 1. The largest absolute Gasteiger partial charge is 0.358 e. The highest BCUT2D eigenvalue weighted by atomic mass is 15.2. The van der Waals surface area contributed by atoms with Crippen molar-refractivity contribution >= 4 is 10.9 Å². The maximum Gasteiger partial charge on any atom is 0.0459 e. The zero-order valence-electron chi connectivity index (χ0n) is 13.7. The SMILES string of the molecule is CCC1CC2CC3c4[nH]c5ccc(C)cc5c4CCN(C2)C13. The van der Waals surface area contributed by atoms with E-state index in [-0.39, 0.29) is 0 Å². The van der Waals surface area contributed by atoms with E-state index in [1.54, 1.807) is 11.3 Å². The average Bonchev–Trinajstić information content (AvgIpc) is 2.85. The highest BCUT2D eigenvalue weighted by Gasteiger charge is 2.48. The normalized spacial score (nSPS) is 36.4. The third kappa shape index (κ3) is 1.70. The predicted octanol–water partition coefficient (Wildman–Crippen LogP) is 4.24. The molecule has 1 aromatic heterocycles. The van der Waals surface area contributed by atoms with Crippen LogP contribution in [0.25, 0.3) is 10.9 Å². The molecule has 4 bridgehead atoms. The van der Waals surface area contributed by atoms with E-state index in [4.69, 9.17) is 0 Å². The number of nitrogens with zero attached hydrogens (tertiary/aromatic N) is 1. The number of fused-ring (bicyclic) bond motifs is 4. The van der Waals surface area contributed by atoms with Crippen LogP contribution in [0.2, 0.25) is 0 Å². The fourth-order valence-corrected chi connectivity index (χ4v) is 5.81. The zero-order chi connectivity index (χ0) is 14.8. The Morgan fingerprint density at radius 2 is 2.18 bits per heavy atom. The standard InChI is InChI=1S/C20H26N2/c1-3-14-9-13-10-17-19-15(6-7-22(11-13)20(14)17)16-8-12(2)4-5-18(16)21-19/h4-5,8,13-14,17,20-21H,3,6-7,9-11H2,1-2H3. The third-order valence-electron chi connectivity index (χ3n) is 6.67. The van der Waals surface area contributed by atoms with E-state index in [2.05, 4.69) is 41.9 Å². The summed E-state index contributed by atoms with van der Waals surface area (Å²) in [5.74, 6) is 2.60. The van der Waals surface area contributed by atoms with Gasteiger partial charge >= 0.3 is 0 Å². The molecule has 1 aliphatic carbocycles. The fourth-order valence-electron chi connectivity index (χ4n) is 5.81. The van der Waals surface area contributed by atoms with Crippen molar-refractivity contribution in [1.29, 1.82) is 0 Å². The molecule has 116 valence electrons. The molecule has 2 saturated heterocycles. The quantitative estimate of drug-likeness (QED) is 0.833. The van der Waals surface area contributed by atoms with Crippen molar-refractivity contribution in [3.63, 3.8) is 0 Å². The number of H-pyrrole nitrogens is 1. The van der Waals surface area contributed by atoms with Gasteiger partial charge in [0.25, 0.3) is 0 Å². The number of aryl methyl sites for hydroxylation is 1. The van der Waals surface area contributed by atoms with E-state index in [9.17, 15) is 0 Å². The van der Waals surface area contributed by atoms with E-state index in [1.807, 2.05) is 0 Å². The summed E-state index contributed by atoms with van der Waals surface area (Å²) in [6.07, 6.45) is 5.47. The molecule has 1 saturated carbocycles. The molecular weight excluding hydrogens is 268 g/mol. The van der Waals surface area contributed by atoms with E-state index in [0.29, 0.717) is 0 Å². The Morgan fingerprint density at radius 3 is 3.05 bits per heavy atom. The van der Waals surface area contributed by atoms with Crippen molar-refractivity contribution in [2.45, 2.75) is 51.5 Å². The predicted molar refractivity (Wildman–Crippen MR) is 91.3 cm³/mol. The van der Waals surface area contributed by atoms with Crippen LogP contribution >= 0.6 is 0 Å². The summed E-state index contributed by atoms with van der Waals surface area (Å²) < 4.78 is 0. The number of aromatic nitrogens is 1. The monoisotopic (exact) mass is 294 g/mol. The van der Waals surface area contributed by atoms with Gasteiger partial charge in [0.1, 0.15) is 0 Å². The molecule has 0 amide bonds. The van der Waals surface area contributed by atoms with Crippen LogP contribution < -0.4 is 0 Å². The topological polar surface area (TPSA) is 19.0 Å². The first-order valence-electron chi connectivity index (χ1n) is 9.09. The first-order valence-corrected chi connectivity index (χ1v) is 9.09. The molecule has 0 spiro atoms. The van der Waals surface area contributed by atoms with Gasteiger partial charge in [-0.15, -0.1) is 0 Å². The van der Waals surface area contributed by atoms with Gasteiger partial charge in [0, 0.05) is 41.6 Å². The van der Waals surface area contributed by atoms with Gasteiger partial charge < -0.3 is 4.98 Å². The summed E-state index contributed by atoms with van der Waals surface area (Å²) >= 11 is 0. The van der Waals surface area contributed by atoms with Crippen LogP contribution in [-0.4, -0.2) is 29.0 Å². The van der Waals surface area contributed by atoms with Gasteiger partial charge in [-0.1, -0.05) is 25.0 Å². The van der Waals surface area contributed by atoms with Crippen LogP contribution in [0, 0.1) is 18.8 Å². The van der Waals surface area contributed by atoms with Crippen LogP contribution in [0.5, 0.6) is 0 Å². The first-order chi connectivity index (χ1) is 10.7. The van der Waals surface area contributed by atoms with E-state index in [1.165, 1.54) is 55.2 Å². The number of piperidine rings is 2. The Kier molecular flexibility index (Phi) is 2.76. The second kappa shape index (κ2) is 4.61. The number of rotatable bonds is 1. The van der Waals surface area contributed by atoms with Crippen molar-refractivity contribution in [2.24, 2.45) is 11.8 Å². The minimum atomic E-state index is 0.752. The Labute approximate surface area is 132 Å². The molecule has 4 aliphatic rings. The van der Waals surface area contributed by atoms with Gasteiger partial charge in [-0.3, -0.25) is 4.90 Å². The molecule has 22 heavy (non-hydrogen) atoms. The lowest BCUT2D eigenvalue weighted by Gasteiger charge is -2.53. The third-order valence-corrected chi connectivity index (χ3v) is 6.67. The molecule has 6 rings (SSSR count). The van der Waals surface area contributed by atoms with Crippen LogP contribution in [-0.2, 0) is 6.42 Å². The molecule has 1 N–H and O–H groups in total. The van der Waals surface area contributed by atoms with Gasteiger partial charge in [0.15, 0.2) is 0 Å². The lowest BCUT2D eigenvalue weighted by atomic mass is 9.65. The smallest absolute Gasteiger partial charge is 0.0459 e. The van der Waals surface area contributed by atoms with Crippen molar-refractivity contribution in [3.05, 3.63) is 35.0 Å². The lowest BCUT2D eigenvalue weighted by Crippen LogP contribution is -2.56. The Morgan fingerprint density at radius 1 is 1.27 bits per heavy atom. The van der Waals surface area contributed by atoms with Crippen LogP contribution in [0.1, 0.15) is 48.9 Å². The fraction of sp³-hybridized carbons (Fsp3) is 0.600. The maximum atomic E-state index is 3.84. The highest BCUT2D eigenvalue weighted by molar-refractivity contribution is 5.85. The van der Waals surface area contributed by atoms with Gasteiger partial charge in [-0.2, -0.15) is 0 Å². The molecule has 2 aromatic rings. The summed E-state index contributed by atoms with van der Waals surface area (Å²) in [5, 5.41) is 1.49. The molecule has 3 aliphatic heterocycles. The second-order valence-corrected chi connectivity index (χ2v) is 7.91. The summed E-state index contributed by atoms with van der Waals surface area (Å²) in [4.78, 5) is 6.68. The van der Waals surface area contributed by atoms with E-state index < -0.39 is 0 Å². The van der Waals surface area contributed by atoms with Crippen molar-refractivity contribution in [3.8, 4) is 0 Å². The van der Waals surface area contributed by atoms with Crippen molar-refractivity contribution in [1.82, 2.24) is 9.88 Å². The number of nitrogens with one attached hydrogen (secondary N) is 1. The summed E-state index contributed by atoms with van der Waals surface area (Å²) in [6, 6.07) is 7.72. The van der Waals surface area contributed by atoms with Crippen LogP contribution in [0.4, 0.5) is 0 Å². The Balaban J connectivity index is 1.69. The molecular formula is C20H26N2. The minimum Gasteiger partial charge on any atom is -0.358 e. The van der Waals surface area contributed by atoms with Gasteiger partial charge in [-0.05, 0) is 55.7 Å². The van der Waals surface area contributed by atoms with E-state index in [0.717, 1.165) is 23.8 Å². The van der Waals surface area contributed by atoms with Gasteiger partial charge in [0.05, 0.1) is 0 Å². The molecule has 2 heteroatoms. The Hall–Kier alpha value is -1.28. The first kappa shape index (κ1) is 13.2. The Bertz CT molecular complexity index is 729. The molecule has 3 fully saturated rings. The number of hydrogen-bond donors (Lipinski definition) is 1. The average molecular weight is 294 g/mol. The second-order valence-electron chi connectivity index (χ2n) is 7.91. The molecule has 1 aromatic carbocycles. The zero-order valence-corrected chi connectivity index (χ0v) is 13.7. The van der Waals surface area contributed by atoms with Gasteiger partial charge in [-0.25, -0.2) is 0 Å².